The van der Waals surface area contributed by atoms with Crippen LogP contribution in [0.2, 0.25) is 10.0 Å². The summed E-state index contributed by atoms with van der Waals surface area (Å²) in [4.78, 5) is 0.821. The van der Waals surface area contributed by atoms with Crippen LogP contribution in [0, 0.1) is 0 Å². The van der Waals surface area contributed by atoms with Crippen LogP contribution in [0.5, 0.6) is 0 Å². The number of hydrogen-bond donors (Lipinski definition) is 0. The number of hydrogen-bond acceptors (Lipinski definition) is 8. The van der Waals surface area contributed by atoms with Gasteiger partial charge in [-0.05, 0) is 36.0 Å². The zero-order valence-corrected chi connectivity index (χ0v) is 22.7. The summed E-state index contributed by atoms with van der Waals surface area (Å²) in [5.74, 6) is -0.511. The quantitative estimate of drug-likeness (QED) is 0.240. The lowest BCUT2D eigenvalue weighted by Gasteiger charge is -2.49. The molecule has 2 aliphatic heterocycles. The van der Waals surface area contributed by atoms with Crippen LogP contribution in [0.25, 0.3) is 16.3 Å². The molecule has 8 nitrogen and oxygen atoms in total. The molecule has 3 heterocycles. The van der Waals surface area contributed by atoms with Gasteiger partial charge < -0.3 is 9.11 Å². The molecule has 186 valence electrons. The van der Waals surface area contributed by atoms with Gasteiger partial charge in [0.25, 0.3) is 5.01 Å². The summed E-state index contributed by atoms with van der Waals surface area (Å²) in [6, 6.07) is 10.6. The Bertz CT molecular complexity index is 1600. The largest absolute Gasteiger partial charge is 0.748 e. The fourth-order valence-electron chi connectivity index (χ4n) is 4.65. The molecule has 0 saturated carbocycles. The Labute approximate surface area is 220 Å². The number of fused-ring (bicyclic) bond motifs is 3. The summed E-state index contributed by atoms with van der Waals surface area (Å²) in [6.07, 6.45) is 2.19. The maximum Gasteiger partial charge on any atom is 0.269 e. The first kappa shape index (κ1) is 25.4. The molecule has 14 heteroatoms. The molecule has 1 fully saturated rings. The average molecular weight is 594 g/mol. The maximum atomic E-state index is 12.2. The molecule has 0 amide bonds. The number of benzene rings is 2. The fraction of sp³-hybridized carbons (Fsp3) is 0.286. The predicted octanol–water partition coefficient (Wildman–Crippen LogP) is 4.12. The minimum atomic E-state index is -4.61. The Kier molecular flexibility index (Phi) is 6.51. The SMILES string of the molecule is O=S(=O)([O-])CCC[n+]1c(C=C2Sc3ccc(Cl)cc3[N+]23CCC3S(=O)(=O)[O-])sc2ccc(Cl)cc21. The van der Waals surface area contributed by atoms with E-state index in [1.807, 2.05) is 22.8 Å². The highest BCUT2D eigenvalue weighted by atomic mass is 35.5. The van der Waals surface area contributed by atoms with E-state index >= 15 is 0 Å². The van der Waals surface area contributed by atoms with Crippen molar-refractivity contribution in [3.63, 3.8) is 0 Å². The molecule has 1 aromatic heterocycles. The fourth-order valence-corrected chi connectivity index (χ4v) is 9.22. The number of nitrogens with zero attached hydrogens (tertiary/aromatic N) is 2. The minimum absolute atomic E-state index is 0.103. The first-order valence-electron chi connectivity index (χ1n) is 10.5. The highest BCUT2D eigenvalue weighted by Crippen LogP contribution is 2.58. The van der Waals surface area contributed by atoms with Gasteiger partial charge >= 0.3 is 0 Å². The van der Waals surface area contributed by atoms with Crippen molar-refractivity contribution >= 4 is 88.5 Å². The first-order chi connectivity index (χ1) is 16.4. The Morgan fingerprint density at radius 2 is 1.80 bits per heavy atom. The van der Waals surface area contributed by atoms with Crippen molar-refractivity contribution < 1.29 is 30.5 Å². The molecular formula is C21H18Cl2N2O6S4. The van der Waals surface area contributed by atoms with E-state index in [2.05, 4.69) is 0 Å². The molecule has 0 N–H and O–H groups in total. The molecule has 2 aromatic carbocycles. The normalized spacial score (nSPS) is 23.2. The molecule has 1 saturated heterocycles. The van der Waals surface area contributed by atoms with E-state index < -0.39 is 31.4 Å². The molecule has 0 aliphatic carbocycles. The van der Waals surface area contributed by atoms with Gasteiger partial charge in [-0.15, -0.1) is 0 Å². The molecule has 0 bridgehead atoms. The summed E-state index contributed by atoms with van der Waals surface area (Å²) >= 11 is 15.3. The summed E-state index contributed by atoms with van der Waals surface area (Å²) in [5, 5.41) is 1.17. The van der Waals surface area contributed by atoms with E-state index in [1.54, 1.807) is 24.3 Å². The predicted molar refractivity (Wildman–Crippen MR) is 136 cm³/mol. The number of aryl methyl sites for hydroxylation is 1. The number of aromatic nitrogens is 1. The van der Waals surface area contributed by atoms with Gasteiger partial charge in [-0.1, -0.05) is 34.5 Å². The van der Waals surface area contributed by atoms with Crippen molar-refractivity contribution in [1.82, 2.24) is 4.48 Å². The minimum Gasteiger partial charge on any atom is -0.748 e. The third-order valence-corrected chi connectivity index (χ3v) is 11.1. The van der Waals surface area contributed by atoms with Gasteiger partial charge in [-0.2, -0.15) is 4.57 Å². The van der Waals surface area contributed by atoms with E-state index in [0.717, 1.165) is 20.1 Å². The topological polar surface area (TPSA) is 118 Å². The molecule has 5 rings (SSSR count). The van der Waals surface area contributed by atoms with E-state index in [0.29, 0.717) is 27.3 Å². The second-order valence-corrected chi connectivity index (χ2v) is 14.4. The lowest BCUT2D eigenvalue weighted by molar-refractivity contribution is -0.668. The van der Waals surface area contributed by atoms with Crippen LogP contribution in [0.3, 0.4) is 0 Å². The highest BCUT2D eigenvalue weighted by molar-refractivity contribution is 8.03. The molecule has 3 aromatic rings. The highest BCUT2D eigenvalue weighted by Gasteiger charge is 2.60. The molecule has 2 atom stereocenters. The van der Waals surface area contributed by atoms with Crippen molar-refractivity contribution in [2.75, 3.05) is 12.3 Å². The summed E-state index contributed by atoms with van der Waals surface area (Å²) in [5.41, 5.74) is 1.45. The van der Waals surface area contributed by atoms with E-state index in [4.69, 9.17) is 23.2 Å². The summed E-state index contributed by atoms with van der Waals surface area (Å²) < 4.78 is 72.7. The Balaban J connectivity index is 1.66. The van der Waals surface area contributed by atoms with Crippen LogP contribution in [0.4, 0.5) is 5.69 Å². The van der Waals surface area contributed by atoms with Crippen LogP contribution in [0.15, 0.2) is 46.3 Å². The third kappa shape index (κ3) is 4.64. The zero-order valence-electron chi connectivity index (χ0n) is 17.9. The van der Waals surface area contributed by atoms with Gasteiger partial charge in [0.2, 0.25) is 5.52 Å². The number of thiazole rings is 1. The van der Waals surface area contributed by atoms with Crippen molar-refractivity contribution in [3.05, 3.63) is 56.5 Å². The maximum absolute atomic E-state index is 12.2. The zero-order chi connectivity index (χ0) is 25.2. The van der Waals surface area contributed by atoms with Crippen molar-refractivity contribution in [2.45, 2.75) is 29.7 Å². The van der Waals surface area contributed by atoms with Crippen molar-refractivity contribution in [1.29, 1.82) is 0 Å². The molecule has 35 heavy (non-hydrogen) atoms. The van der Waals surface area contributed by atoms with Gasteiger partial charge in [-0.25, -0.2) is 21.3 Å². The smallest absolute Gasteiger partial charge is 0.269 e. The third-order valence-electron chi connectivity index (χ3n) is 6.23. The standard InChI is InChI=1S/C21H18Cl2N2O6S4/c22-13-2-4-17-15(10-13)24(7-1-9-34(26,27)28)19(32-17)12-20-25(8-6-21(25)35(29,30)31)16-11-14(23)3-5-18(16)33-20/h2-5,10-12,21H,1,6-9H2. The number of halogens is 2. The Morgan fingerprint density at radius 3 is 2.46 bits per heavy atom. The molecule has 0 radical (unpaired) electrons. The van der Waals surface area contributed by atoms with E-state index in [-0.39, 0.29) is 23.9 Å². The van der Waals surface area contributed by atoms with Crippen LogP contribution in [-0.2, 0) is 26.8 Å². The van der Waals surface area contributed by atoms with Crippen molar-refractivity contribution in [2.24, 2.45) is 0 Å². The summed E-state index contributed by atoms with van der Waals surface area (Å²) in [6.45, 7) is 0.678. The lowest BCUT2D eigenvalue weighted by atomic mass is 10.1. The van der Waals surface area contributed by atoms with Gasteiger partial charge in [0.15, 0.2) is 32.8 Å². The average Bonchev–Trinajstić information content (AvgIpc) is 3.21. The van der Waals surface area contributed by atoms with Crippen LogP contribution in [0.1, 0.15) is 17.8 Å². The van der Waals surface area contributed by atoms with E-state index in [1.165, 1.54) is 23.1 Å². The number of quaternary nitrogens is 1. The monoisotopic (exact) mass is 592 g/mol. The van der Waals surface area contributed by atoms with Gasteiger partial charge in [0.1, 0.15) is 4.70 Å². The first-order valence-corrected chi connectivity index (χ1v) is 15.9. The molecule has 2 unspecified atom stereocenters. The van der Waals surface area contributed by atoms with Crippen molar-refractivity contribution in [3.8, 4) is 0 Å². The van der Waals surface area contributed by atoms with Gasteiger partial charge in [0.05, 0.1) is 34.1 Å². The Hall–Kier alpha value is -1.22. The second-order valence-electron chi connectivity index (χ2n) is 8.34. The molecular weight excluding hydrogens is 575 g/mol. The van der Waals surface area contributed by atoms with Gasteiger partial charge in [0, 0.05) is 34.4 Å². The lowest BCUT2D eigenvalue weighted by Crippen LogP contribution is -2.66. The summed E-state index contributed by atoms with van der Waals surface area (Å²) in [7, 11) is -8.98. The Morgan fingerprint density at radius 1 is 1.09 bits per heavy atom. The van der Waals surface area contributed by atoms with Crippen LogP contribution < -0.4 is 9.05 Å². The van der Waals surface area contributed by atoms with E-state index in [9.17, 15) is 25.9 Å². The molecule has 2 aliphatic rings. The number of rotatable bonds is 6. The van der Waals surface area contributed by atoms with Crippen LogP contribution in [-0.4, -0.2) is 43.6 Å². The van der Waals surface area contributed by atoms with Gasteiger partial charge in [-0.3, -0.25) is 0 Å². The molecule has 1 spiro atoms. The van der Waals surface area contributed by atoms with Crippen LogP contribution >= 0.6 is 46.3 Å². The second kappa shape index (κ2) is 8.96. The number of thioether (sulfide) groups is 1.